The zero-order chi connectivity index (χ0) is 12.8. The molecule has 2 nitrogen and oxygen atoms in total. The first kappa shape index (κ1) is 14.0. The Morgan fingerprint density at radius 3 is 2.53 bits per heavy atom. The lowest BCUT2D eigenvalue weighted by Crippen LogP contribution is -2.21. The Morgan fingerprint density at radius 1 is 1.24 bits per heavy atom. The topological polar surface area (TPSA) is 35.2 Å². The Kier molecular flexibility index (Phi) is 5.42. The first-order valence-electron chi connectivity index (χ1n) is 6.26. The minimum absolute atomic E-state index is 0.0771. The van der Waals surface area contributed by atoms with Gasteiger partial charge in [0.25, 0.3) is 0 Å². The quantitative estimate of drug-likeness (QED) is 0.826. The second-order valence-electron chi connectivity index (χ2n) is 4.50. The van der Waals surface area contributed by atoms with E-state index in [1.807, 2.05) is 26.8 Å². The van der Waals surface area contributed by atoms with Gasteiger partial charge in [0.05, 0.1) is 6.10 Å². The normalized spacial score (nSPS) is 14.4. The van der Waals surface area contributed by atoms with Gasteiger partial charge >= 0.3 is 0 Å². The van der Waals surface area contributed by atoms with Crippen LogP contribution in [0, 0.1) is 5.82 Å². The lowest BCUT2D eigenvalue weighted by Gasteiger charge is -2.15. The molecule has 0 aliphatic rings. The van der Waals surface area contributed by atoms with Gasteiger partial charge in [-0.05, 0) is 43.9 Å². The maximum Gasteiger partial charge on any atom is 0.127 e. The highest BCUT2D eigenvalue weighted by molar-refractivity contribution is 5.30. The molecule has 0 saturated heterocycles. The summed E-state index contributed by atoms with van der Waals surface area (Å²) in [6.07, 6.45) is 2.58. The van der Waals surface area contributed by atoms with Gasteiger partial charge in [-0.3, -0.25) is 0 Å². The molecule has 0 heterocycles. The van der Waals surface area contributed by atoms with Crippen LogP contribution in [-0.4, -0.2) is 12.1 Å². The number of nitrogens with two attached hydrogens (primary N) is 1. The highest BCUT2D eigenvalue weighted by Crippen LogP contribution is 2.19. The molecule has 2 N–H and O–H groups in total. The van der Waals surface area contributed by atoms with E-state index in [0.717, 1.165) is 18.4 Å². The molecule has 2 unspecified atom stereocenters. The molecule has 0 saturated carbocycles. The third-order valence-electron chi connectivity index (χ3n) is 2.87. The summed E-state index contributed by atoms with van der Waals surface area (Å²) in [7, 11) is 0. The van der Waals surface area contributed by atoms with Gasteiger partial charge in [-0.2, -0.15) is 0 Å². The largest absolute Gasteiger partial charge is 0.491 e. The van der Waals surface area contributed by atoms with Gasteiger partial charge in [0.1, 0.15) is 11.6 Å². The summed E-state index contributed by atoms with van der Waals surface area (Å²) in [5, 5.41) is 0. The molecule has 0 radical (unpaired) electrons. The first-order chi connectivity index (χ1) is 8.05. The molecule has 1 rings (SSSR count). The second kappa shape index (κ2) is 6.60. The van der Waals surface area contributed by atoms with Gasteiger partial charge < -0.3 is 10.5 Å². The molecule has 0 bridgehead atoms. The van der Waals surface area contributed by atoms with E-state index in [1.165, 1.54) is 12.1 Å². The van der Waals surface area contributed by atoms with Gasteiger partial charge in [0, 0.05) is 12.1 Å². The molecular weight excluding hydrogens is 217 g/mol. The monoisotopic (exact) mass is 239 g/mol. The van der Waals surface area contributed by atoms with Crippen molar-refractivity contribution in [2.75, 3.05) is 0 Å². The molecule has 0 fully saturated rings. The van der Waals surface area contributed by atoms with Crippen LogP contribution >= 0.6 is 0 Å². The molecule has 0 spiro atoms. The molecule has 2 atom stereocenters. The van der Waals surface area contributed by atoms with E-state index < -0.39 is 0 Å². The average molecular weight is 239 g/mol. The standard InChI is InChI=1S/C14H22FNO/c1-4-10(3)17-14-8-11(6-12(15)9-14)7-13(16)5-2/h6,8-10,13H,4-5,7,16H2,1-3H3. The fourth-order valence-electron chi connectivity index (χ4n) is 1.57. The van der Waals surface area contributed by atoms with Crippen molar-refractivity contribution in [2.45, 2.75) is 52.2 Å². The lowest BCUT2D eigenvalue weighted by atomic mass is 10.0. The molecule has 1 aromatic carbocycles. The van der Waals surface area contributed by atoms with Crippen LogP contribution in [-0.2, 0) is 6.42 Å². The first-order valence-corrected chi connectivity index (χ1v) is 6.26. The summed E-state index contributed by atoms with van der Waals surface area (Å²) in [4.78, 5) is 0. The van der Waals surface area contributed by atoms with E-state index >= 15 is 0 Å². The fourth-order valence-corrected chi connectivity index (χ4v) is 1.57. The molecule has 17 heavy (non-hydrogen) atoms. The minimum atomic E-state index is -0.260. The third-order valence-corrected chi connectivity index (χ3v) is 2.87. The van der Waals surface area contributed by atoms with E-state index in [0.29, 0.717) is 12.2 Å². The van der Waals surface area contributed by atoms with Crippen LogP contribution in [0.3, 0.4) is 0 Å². The number of ether oxygens (including phenoxy) is 1. The van der Waals surface area contributed by atoms with E-state index in [9.17, 15) is 4.39 Å². The number of hydrogen-bond donors (Lipinski definition) is 1. The van der Waals surface area contributed by atoms with Crippen LogP contribution in [0.2, 0.25) is 0 Å². The lowest BCUT2D eigenvalue weighted by molar-refractivity contribution is 0.216. The zero-order valence-electron chi connectivity index (χ0n) is 10.9. The second-order valence-corrected chi connectivity index (χ2v) is 4.50. The SMILES string of the molecule is CCC(N)Cc1cc(F)cc(OC(C)CC)c1. The van der Waals surface area contributed by atoms with Gasteiger partial charge in [-0.25, -0.2) is 4.39 Å². The number of benzene rings is 1. The number of halogens is 1. The summed E-state index contributed by atoms with van der Waals surface area (Å²) in [6.45, 7) is 6.04. The van der Waals surface area contributed by atoms with E-state index in [4.69, 9.17) is 10.5 Å². The predicted octanol–water partition coefficient (Wildman–Crippen LogP) is 3.28. The molecule has 0 aromatic heterocycles. The van der Waals surface area contributed by atoms with E-state index in [-0.39, 0.29) is 18.0 Å². The summed E-state index contributed by atoms with van der Waals surface area (Å²) in [5.41, 5.74) is 6.77. The highest BCUT2D eigenvalue weighted by Gasteiger charge is 2.07. The third kappa shape index (κ3) is 4.73. The van der Waals surface area contributed by atoms with Gasteiger partial charge in [-0.1, -0.05) is 13.8 Å². The zero-order valence-corrected chi connectivity index (χ0v) is 10.9. The van der Waals surface area contributed by atoms with Crippen molar-refractivity contribution in [1.82, 2.24) is 0 Å². The van der Waals surface area contributed by atoms with Crippen LogP contribution in [0.25, 0.3) is 0 Å². The summed E-state index contributed by atoms with van der Waals surface area (Å²) >= 11 is 0. The van der Waals surface area contributed by atoms with Crippen LogP contribution in [0.15, 0.2) is 18.2 Å². The van der Waals surface area contributed by atoms with Crippen molar-refractivity contribution in [3.63, 3.8) is 0 Å². The number of rotatable bonds is 6. The van der Waals surface area contributed by atoms with Crippen LogP contribution in [0.4, 0.5) is 4.39 Å². The van der Waals surface area contributed by atoms with Crippen molar-refractivity contribution in [3.8, 4) is 5.75 Å². The maximum atomic E-state index is 13.4. The minimum Gasteiger partial charge on any atom is -0.491 e. The van der Waals surface area contributed by atoms with Crippen molar-refractivity contribution in [1.29, 1.82) is 0 Å². The molecule has 3 heteroatoms. The van der Waals surface area contributed by atoms with Gasteiger partial charge in [-0.15, -0.1) is 0 Å². The smallest absolute Gasteiger partial charge is 0.127 e. The van der Waals surface area contributed by atoms with Crippen LogP contribution in [0.5, 0.6) is 5.75 Å². The molecule has 0 amide bonds. The van der Waals surface area contributed by atoms with Gasteiger partial charge in [0.2, 0.25) is 0 Å². The van der Waals surface area contributed by atoms with Crippen molar-refractivity contribution in [3.05, 3.63) is 29.6 Å². The van der Waals surface area contributed by atoms with Crippen molar-refractivity contribution >= 4 is 0 Å². The van der Waals surface area contributed by atoms with E-state index in [2.05, 4.69) is 0 Å². The molecular formula is C14H22FNO. The Hall–Kier alpha value is -1.09. The Labute approximate surface area is 103 Å². The average Bonchev–Trinajstić information content (AvgIpc) is 2.27. The maximum absolute atomic E-state index is 13.4. The molecule has 1 aromatic rings. The Bertz CT molecular complexity index is 324. The molecule has 96 valence electrons. The van der Waals surface area contributed by atoms with Crippen LogP contribution in [0.1, 0.15) is 39.2 Å². The summed E-state index contributed by atoms with van der Waals surface area (Å²) in [5.74, 6) is 0.335. The highest BCUT2D eigenvalue weighted by atomic mass is 19.1. The summed E-state index contributed by atoms with van der Waals surface area (Å²) < 4.78 is 19.0. The summed E-state index contributed by atoms with van der Waals surface area (Å²) in [6, 6.07) is 4.91. The molecule has 0 aliphatic heterocycles. The predicted molar refractivity (Wildman–Crippen MR) is 68.8 cm³/mol. The fraction of sp³-hybridized carbons (Fsp3) is 0.571. The Morgan fingerprint density at radius 2 is 1.94 bits per heavy atom. The van der Waals surface area contributed by atoms with Crippen LogP contribution < -0.4 is 10.5 Å². The van der Waals surface area contributed by atoms with Crippen molar-refractivity contribution in [2.24, 2.45) is 5.73 Å². The van der Waals surface area contributed by atoms with E-state index in [1.54, 1.807) is 0 Å². The van der Waals surface area contributed by atoms with Crippen molar-refractivity contribution < 1.29 is 9.13 Å². The number of hydrogen-bond acceptors (Lipinski definition) is 2. The van der Waals surface area contributed by atoms with Gasteiger partial charge in [0.15, 0.2) is 0 Å². The Balaban J connectivity index is 2.79. The molecule has 0 aliphatic carbocycles.